The van der Waals surface area contributed by atoms with Gasteiger partial charge in [0.1, 0.15) is 0 Å². The number of rotatable bonds is 8. The van der Waals surface area contributed by atoms with E-state index in [0.717, 1.165) is 19.7 Å². The molecule has 2 N–H and O–H groups in total. The molecule has 4 nitrogen and oxygen atoms in total. The third-order valence-corrected chi connectivity index (χ3v) is 3.98. The van der Waals surface area contributed by atoms with Gasteiger partial charge in [-0.05, 0) is 19.9 Å². The van der Waals surface area contributed by atoms with E-state index in [1.165, 1.54) is 32.1 Å². The fourth-order valence-electron chi connectivity index (χ4n) is 2.63. The number of ether oxygens (including phenoxy) is 2. The lowest BCUT2D eigenvalue weighted by atomic mass is 9.80. The molecule has 1 rings (SSSR count). The first-order chi connectivity index (χ1) is 8.25. The molecule has 4 heteroatoms. The molecule has 1 aliphatic rings. The van der Waals surface area contributed by atoms with Gasteiger partial charge in [-0.1, -0.05) is 19.3 Å². The molecule has 0 aromatic heterocycles. The van der Waals surface area contributed by atoms with Gasteiger partial charge in [0.05, 0.1) is 19.8 Å². The molecule has 0 aromatic carbocycles. The van der Waals surface area contributed by atoms with Crippen LogP contribution in [-0.2, 0) is 9.47 Å². The second-order valence-electron chi connectivity index (χ2n) is 5.02. The van der Waals surface area contributed by atoms with E-state index >= 15 is 0 Å². The van der Waals surface area contributed by atoms with Gasteiger partial charge in [0, 0.05) is 25.7 Å². The molecule has 0 unspecified atom stereocenters. The summed E-state index contributed by atoms with van der Waals surface area (Å²) in [7, 11) is 3.87. The van der Waals surface area contributed by atoms with Crippen LogP contribution in [0.15, 0.2) is 0 Å². The van der Waals surface area contributed by atoms with Crippen molar-refractivity contribution >= 4 is 0 Å². The highest BCUT2D eigenvalue weighted by molar-refractivity contribution is 4.92. The van der Waals surface area contributed by atoms with Crippen LogP contribution in [-0.4, -0.2) is 57.5 Å². The summed E-state index contributed by atoms with van der Waals surface area (Å²) >= 11 is 0. The molecular formula is C13H28N2O2. The maximum absolute atomic E-state index is 5.99. The maximum Gasteiger partial charge on any atom is 0.0700 e. The minimum Gasteiger partial charge on any atom is -0.382 e. The molecule has 0 aliphatic heterocycles. The largest absolute Gasteiger partial charge is 0.382 e. The van der Waals surface area contributed by atoms with Crippen LogP contribution in [0.1, 0.15) is 32.1 Å². The summed E-state index contributed by atoms with van der Waals surface area (Å²) in [4.78, 5) is 2.40. The van der Waals surface area contributed by atoms with Crippen LogP contribution < -0.4 is 5.73 Å². The first kappa shape index (κ1) is 14.9. The van der Waals surface area contributed by atoms with E-state index in [-0.39, 0.29) is 5.54 Å². The number of hydrogen-bond donors (Lipinski definition) is 1. The Morgan fingerprint density at radius 2 is 1.82 bits per heavy atom. The molecular weight excluding hydrogens is 216 g/mol. The Balaban J connectivity index is 2.25. The van der Waals surface area contributed by atoms with Crippen molar-refractivity contribution in [3.63, 3.8) is 0 Å². The van der Waals surface area contributed by atoms with Gasteiger partial charge in [-0.3, -0.25) is 4.90 Å². The van der Waals surface area contributed by atoms with Gasteiger partial charge in [0.2, 0.25) is 0 Å². The van der Waals surface area contributed by atoms with Gasteiger partial charge in [-0.25, -0.2) is 0 Å². The average Bonchev–Trinajstić information content (AvgIpc) is 2.39. The molecule has 0 heterocycles. The molecule has 0 spiro atoms. The highest BCUT2D eigenvalue weighted by atomic mass is 16.5. The Kier molecular flexibility index (Phi) is 7.04. The van der Waals surface area contributed by atoms with Gasteiger partial charge in [-0.15, -0.1) is 0 Å². The Morgan fingerprint density at radius 3 is 2.41 bits per heavy atom. The molecule has 1 aliphatic carbocycles. The standard InChI is InChI=1S/C13H28N2O2/c1-15(8-9-17-11-10-16-2)13(12-14)6-4-3-5-7-13/h3-12,14H2,1-2H3. The van der Waals surface area contributed by atoms with Gasteiger partial charge >= 0.3 is 0 Å². The minimum atomic E-state index is 0.225. The summed E-state index contributed by atoms with van der Waals surface area (Å²) in [5.74, 6) is 0. The maximum atomic E-state index is 5.99. The molecule has 102 valence electrons. The van der Waals surface area contributed by atoms with Gasteiger partial charge < -0.3 is 15.2 Å². The predicted molar refractivity (Wildman–Crippen MR) is 70.2 cm³/mol. The number of nitrogens with zero attached hydrogens (tertiary/aromatic N) is 1. The van der Waals surface area contributed by atoms with E-state index < -0.39 is 0 Å². The van der Waals surface area contributed by atoms with Crippen molar-refractivity contribution in [2.24, 2.45) is 5.73 Å². The van der Waals surface area contributed by atoms with Crippen molar-refractivity contribution in [1.29, 1.82) is 0 Å². The van der Waals surface area contributed by atoms with Crippen molar-refractivity contribution in [2.45, 2.75) is 37.6 Å². The smallest absolute Gasteiger partial charge is 0.0700 e. The molecule has 0 saturated heterocycles. The van der Waals surface area contributed by atoms with Gasteiger partial charge in [-0.2, -0.15) is 0 Å². The van der Waals surface area contributed by atoms with Crippen LogP contribution in [0.4, 0.5) is 0 Å². The average molecular weight is 244 g/mol. The first-order valence-electron chi connectivity index (χ1n) is 6.73. The van der Waals surface area contributed by atoms with Crippen LogP contribution in [0.3, 0.4) is 0 Å². The summed E-state index contributed by atoms with van der Waals surface area (Å²) in [6.07, 6.45) is 6.45. The Labute approximate surface area is 105 Å². The molecule has 17 heavy (non-hydrogen) atoms. The van der Waals surface area contributed by atoms with Gasteiger partial charge in [0.15, 0.2) is 0 Å². The third kappa shape index (κ3) is 4.54. The van der Waals surface area contributed by atoms with Crippen LogP contribution in [0.2, 0.25) is 0 Å². The predicted octanol–water partition coefficient (Wildman–Crippen LogP) is 1.24. The van der Waals surface area contributed by atoms with Crippen LogP contribution >= 0.6 is 0 Å². The van der Waals surface area contributed by atoms with Crippen molar-refractivity contribution in [3.05, 3.63) is 0 Å². The monoisotopic (exact) mass is 244 g/mol. The number of nitrogens with two attached hydrogens (primary N) is 1. The normalized spacial score (nSPS) is 19.8. The Hall–Kier alpha value is -0.160. The second-order valence-corrected chi connectivity index (χ2v) is 5.02. The van der Waals surface area contributed by atoms with E-state index in [9.17, 15) is 0 Å². The second kappa shape index (κ2) is 8.03. The van der Waals surface area contributed by atoms with Crippen molar-refractivity contribution < 1.29 is 9.47 Å². The van der Waals surface area contributed by atoms with E-state index in [0.29, 0.717) is 13.2 Å². The molecule has 0 amide bonds. The van der Waals surface area contributed by atoms with Gasteiger partial charge in [0.25, 0.3) is 0 Å². The van der Waals surface area contributed by atoms with E-state index in [1.807, 2.05) is 0 Å². The lowest BCUT2D eigenvalue weighted by molar-refractivity contribution is 0.0257. The Morgan fingerprint density at radius 1 is 1.12 bits per heavy atom. The minimum absolute atomic E-state index is 0.225. The van der Waals surface area contributed by atoms with Crippen molar-refractivity contribution in [1.82, 2.24) is 4.90 Å². The summed E-state index contributed by atoms with van der Waals surface area (Å²) in [5.41, 5.74) is 6.21. The molecule has 1 saturated carbocycles. The van der Waals surface area contributed by atoms with E-state index in [4.69, 9.17) is 15.2 Å². The zero-order chi connectivity index (χ0) is 12.6. The lowest BCUT2D eigenvalue weighted by Crippen LogP contribution is -2.54. The fraction of sp³-hybridized carbons (Fsp3) is 1.00. The van der Waals surface area contributed by atoms with Crippen LogP contribution in [0.25, 0.3) is 0 Å². The lowest BCUT2D eigenvalue weighted by Gasteiger charge is -2.44. The first-order valence-corrected chi connectivity index (χ1v) is 6.73. The SMILES string of the molecule is COCCOCCN(C)C1(CN)CCCCC1. The van der Waals surface area contributed by atoms with Crippen molar-refractivity contribution in [3.8, 4) is 0 Å². The van der Waals surface area contributed by atoms with E-state index in [2.05, 4.69) is 11.9 Å². The van der Waals surface area contributed by atoms with E-state index in [1.54, 1.807) is 7.11 Å². The zero-order valence-electron chi connectivity index (χ0n) is 11.4. The number of methoxy groups -OCH3 is 1. The van der Waals surface area contributed by atoms with Crippen LogP contribution in [0.5, 0.6) is 0 Å². The number of likely N-dealkylation sites (N-methyl/N-ethyl adjacent to an activating group) is 1. The Bertz CT molecular complexity index is 194. The molecule has 0 bridgehead atoms. The summed E-state index contributed by atoms with van der Waals surface area (Å²) < 4.78 is 10.5. The highest BCUT2D eigenvalue weighted by Crippen LogP contribution is 2.31. The quantitative estimate of drug-likeness (QED) is 0.653. The van der Waals surface area contributed by atoms with Crippen molar-refractivity contribution in [2.75, 3.05) is 47.1 Å². The zero-order valence-corrected chi connectivity index (χ0v) is 11.4. The summed E-state index contributed by atoms with van der Waals surface area (Å²) in [6.45, 7) is 3.84. The van der Waals surface area contributed by atoms with Crippen LogP contribution in [0, 0.1) is 0 Å². The molecule has 0 aromatic rings. The number of hydrogen-bond acceptors (Lipinski definition) is 4. The molecule has 1 fully saturated rings. The third-order valence-electron chi connectivity index (χ3n) is 3.98. The topological polar surface area (TPSA) is 47.7 Å². The fourth-order valence-corrected chi connectivity index (χ4v) is 2.63. The molecule has 0 atom stereocenters. The summed E-state index contributed by atoms with van der Waals surface area (Å²) in [5, 5.41) is 0. The molecule has 0 radical (unpaired) electrons. The summed E-state index contributed by atoms with van der Waals surface area (Å²) in [6, 6.07) is 0. The highest BCUT2D eigenvalue weighted by Gasteiger charge is 2.34.